The van der Waals surface area contributed by atoms with E-state index < -0.39 is 0 Å². The topological polar surface area (TPSA) is 35.5 Å². The molecule has 0 aliphatic carbocycles. The van der Waals surface area contributed by atoms with E-state index in [-0.39, 0.29) is 6.10 Å². The monoisotopic (exact) mass is 340 g/mol. The molecule has 112 valence electrons. The maximum absolute atomic E-state index is 9.77. The molecule has 2 rings (SSSR count). The van der Waals surface area contributed by atoms with E-state index >= 15 is 0 Å². The molecule has 1 aromatic rings. The van der Waals surface area contributed by atoms with Crippen molar-refractivity contribution in [2.75, 3.05) is 24.5 Å². The highest BCUT2D eigenvalue weighted by Crippen LogP contribution is 2.31. The number of rotatable bonds is 6. The third-order valence-electron chi connectivity index (χ3n) is 4.04. The molecule has 4 heteroatoms. The van der Waals surface area contributed by atoms with Crippen LogP contribution < -0.4 is 10.2 Å². The Hall–Kier alpha value is -0.580. The van der Waals surface area contributed by atoms with E-state index in [1.165, 1.54) is 11.3 Å². The molecule has 3 nitrogen and oxygen atoms in total. The lowest BCUT2D eigenvalue weighted by atomic mass is 10.0. The maximum atomic E-state index is 9.77. The summed E-state index contributed by atoms with van der Waals surface area (Å²) in [7, 11) is 0. The predicted molar refractivity (Wildman–Crippen MR) is 88.1 cm³/mol. The minimum absolute atomic E-state index is 0.214. The molecule has 0 saturated carbocycles. The number of nitrogens with zero attached hydrogens (tertiary/aromatic N) is 1. The zero-order valence-corrected chi connectivity index (χ0v) is 14.0. The quantitative estimate of drug-likeness (QED) is 0.781. The molecule has 20 heavy (non-hydrogen) atoms. The maximum Gasteiger partial charge on any atom is 0.0557 e. The summed E-state index contributed by atoms with van der Waals surface area (Å²) in [6.07, 6.45) is 2.01. The summed E-state index contributed by atoms with van der Waals surface area (Å²) >= 11 is 3.57. The summed E-state index contributed by atoms with van der Waals surface area (Å²) in [6.45, 7) is 8.03. The molecule has 1 saturated heterocycles. The fraction of sp³-hybridized carbons (Fsp3) is 0.625. The Morgan fingerprint density at radius 1 is 1.50 bits per heavy atom. The van der Waals surface area contributed by atoms with Crippen LogP contribution in [0.3, 0.4) is 0 Å². The van der Waals surface area contributed by atoms with E-state index in [0.717, 1.165) is 43.5 Å². The molecule has 2 unspecified atom stereocenters. The van der Waals surface area contributed by atoms with Gasteiger partial charge < -0.3 is 15.3 Å². The van der Waals surface area contributed by atoms with Crippen molar-refractivity contribution in [3.05, 3.63) is 28.2 Å². The van der Waals surface area contributed by atoms with Gasteiger partial charge in [0.25, 0.3) is 0 Å². The van der Waals surface area contributed by atoms with E-state index in [9.17, 15) is 5.11 Å². The van der Waals surface area contributed by atoms with Crippen LogP contribution in [0.4, 0.5) is 5.69 Å². The first-order valence-electron chi connectivity index (χ1n) is 7.54. The van der Waals surface area contributed by atoms with Crippen LogP contribution in [0.1, 0.15) is 32.3 Å². The smallest absolute Gasteiger partial charge is 0.0557 e. The highest BCUT2D eigenvalue weighted by atomic mass is 79.9. The van der Waals surface area contributed by atoms with Crippen LogP contribution in [-0.2, 0) is 6.54 Å². The van der Waals surface area contributed by atoms with Crippen molar-refractivity contribution in [2.24, 2.45) is 5.92 Å². The zero-order valence-electron chi connectivity index (χ0n) is 12.4. The minimum atomic E-state index is -0.214. The predicted octanol–water partition coefficient (Wildman–Crippen LogP) is 3.16. The van der Waals surface area contributed by atoms with Gasteiger partial charge in [0.2, 0.25) is 0 Å². The first-order chi connectivity index (χ1) is 9.61. The summed E-state index contributed by atoms with van der Waals surface area (Å²) in [4.78, 5) is 2.41. The van der Waals surface area contributed by atoms with Crippen LogP contribution in [0.25, 0.3) is 0 Å². The molecule has 0 bridgehead atoms. The first kappa shape index (κ1) is 15.8. The lowest BCUT2D eigenvalue weighted by Gasteiger charge is -2.23. The Balaban J connectivity index is 2.11. The molecular weight excluding hydrogens is 316 g/mol. The molecule has 0 amide bonds. The van der Waals surface area contributed by atoms with Gasteiger partial charge in [-0.2, -0.15) is 0 Å². The van der Waals surface area contributed by atoms with Gasteiger partial charge in [-0.1, -0.05) is 28.9 Å². The van der Waals surface area contributed by atoms with E-state index in [4.69, 9.17) is 0 Å². The number of benzene rings is 1. The molecule has 1 fully saturated rings. The lowest BCUT2D eigenvalue weighted by molar-refractivity contribution is 0.136. The van der Waals surface area contributed by atoms with Gasteiger partial charge in [-0.3, -0.25) is 0 Å². The average molecular weight is 341 g/mol. The summed E-state index contributed by atoms with van der Waals surface area (Å²) in [6, 6.07) is 6.50. The van der Waals surface area contributed by atoms with Crippen LogP contribution >= 0.6 is 15.9 Å². The van der Waals surface area contributed by atoms with Gasteiger partial charge in [0, 0.05) is 35.7 Å². The largest absolute Gasteiger partial charge is 0.393 e. The Morgan fingerprint density at radius 2 is 2.30 bits per heavy atom. The van der Waals surface area contributed by atoms with Crippen molar-refractivity contribution in [3.8, 4) is 0 Å². The third-order valence-corrected chi connectivity index (χ3v) is 4.53. The van der Waals surface area contributed by atoms with Crippen molar-refractivity contribution >= 4 is 21.6 Å². The highest BCUT2D eigenvalue weighted by molar-refractivity contribution is 9.10. The van der Waals surface area contributed by atoms with Crippen molar-refractivity contribution in [3.63, 3.8) is 0 Å². The molecular formula is C16H25BrN2O. The third kappa shape index (κ3) is 3.96. The SMILES string of the molecule is CCCNCc1ccc(Br)cc1N1CCC(C(C)O)C1. The number of halogens is 1. The summed E-state index contributed by atoms with van der Waals surface area (Å²) < 4.78 is 1.12. The molecule has 1 aliphatic heterocycles. The zero-order chi connectivity index (χ0) is 14.5. The van der Waals surface area contributed by atoms with E-state index in [2.05, 4.69) is 51.3 Å². The number of aliphatic hydroxyl groups is 1. The second-order valence-corrected chi connectivity index (χ2v) is 6.60. The highest BCUT2D eigenvalue weighted by Gasteiger charge is 2.27. The molecule has 0 aromatic heterocycles. The Morgan fingerprint density at radius 3 is 2.95 bits per heavy atom. The number of anilines is 1. The molecule has 1 aromatic carbocycles. The van der Waals surface area contributed by atoms with Gasteiger partial charge >= 0.3 is 0 Å². The summed E-state index contributed by atoms with van der Waals surface area (Å²) in [5.41, 5.74) is 2.64. The number of hydrogen-bond donors (Lipinski definition) is 2. The second kappa shape index (κ2) is 7.43. The van der Waals surface area contributed by atoms with E-state index in [0.29, 0.717) is 5.92 Å². The van der Waals surface area contributed by atoms with Crippen LogP contribution in [-0.4, -0.2) is 30.8 Å². The molecule has 2 atom stereocenters. The van der Waals surface area contributed by atoms with Gasteiger partial charge in [-0.05, 0) is 44.0 Å². The fourth-order valence-electron chi connectivity index (χ4n) is 2.78. The van der Waals surface area contributed by atoms with Crippen LogP contribution in [0.15, 0.2) is 22.7 Å². The van der Waals surface area contributed by atoms with Crippen molar-refractivity contribution in [1.82, 2.24) is 5.32 Å². The molecule has 0 radical (unpaired) electrons. The van der Waals surface area contributed by atoms with Crippen LogP contribution in [0, 0.1) is 5.92 Å². The first-order valence-corrected chi connectivity index (χ1v) is 8.33. The summed E-state index contributed by atoms with van der Waals surface area (Å²) in [5.74, 6) is 0.394. The van der Waals surface area contributed by atoms with Crippen LogP contribution in [0.5, 0.6) is 0 Å². The van der Waals surface area contributed by atoms with Crippen molar-refractivity contribution in [2.45, 2.75) is 39.3 Å². The fourth-order valence-corrected chi connectivity index (χ4v) is 3.13. The minimum Gasteiger partial charge on any atom is -0.393 e. The standard InChI is InChI=1S/C16H25BrN2O/c1-3-7-18-10-13-4-5-15(17)9-16(13)19-8-6-14(11-19)12(2)20/h4-5,9,12,14,18,20H,3,6-8,10-11H2,1-2H3. The van der Waals surface area contributed by atoms with Gasteiger partial charge in [-0.25, -0.2) is 0 Å². The second-order valence-electron chi connectivity index (χ2n) is 5.69. The van der Waals surface area contributed by atoms with E-state index in [1.54, 1.807) is 0 Å². The molecule has 1 aliphatic rings. The Bertz CT molecular complexity index is 436. The van der Waals surface area contributed by atoms with Gasteiger partial charge in [0.15, 0.2) is 0 Å². The summed E-state index contributed by atoms with van der Waals surface area (Å²) in [5, 5.41) is 13.2. The van der Waals surface area contributed by atoms with Gasteiger partial charge in [-0.15, -0.1) is 0 Å². The van der Waals surface area contributed by atoms with Crippen molar-refractivity contribution in [1.29, 1.82) is 0 Å². The van der Waals surface area contributed by atoms with E-state index in [1.807, 2.05) is 6.92 Å². The molecule has 2 N–H and O–H groups in total. The number of nitrogens with one attached hydrogen (secondary N) is 1. The molecule has 0 spiro atoms. The normalized spacial score (nSPS) is 20.4. The lowest BCUT2D eigenvalue weighted by Crippen LogP contribution is -2.25. The number of aliphatic hydroxyl groups excluding tert-OH is 1. The Kier molecular flexibility index (Phi) is 5.87. The van der Waals surface area contributed by atoms with Gasteiger partial charge in [0.05, 0.1) is 6.10 Å². The van der Waals surface area contributed by atoms with Crippen LogP contribution in [0.2, 0.25) is 0 Å². The average Bonchev–Trinajstić information content (AvgIpc) is 2.90. The van der Waals surface area contributed by atoms with Crippen molar-refractivity contribution < 1.29 is 5.11 Å². The Labute approximate surface area is 130 Å². The molecule has 1 heterocycles. The van der Waals surface area contributed by atoms with Gasteiger partial charge in [0.1, 0.15) is 0 Å². The number of hydrogen-bond acceptors (Lipinski definition) is 3.